The molecule has 0 aromatic heterocycles. The number of nitrogens with two attached hydrogens (primary N) is 1. The second-order valence-corrected chi connectivity index (χ2v) is 4.68. The molecular weight excluding hydrogens is 158 g/mol. The number of hydrogen-bond acceptors (Lipinski definition) is 1. The van der Waals surface area contributed by atoms with Crippen molar-refractivity contribution in [1.29, 1.82) is 0 Å². The SMILES string of the molecule is C=CCCC1CC([C@@H](C)C(C)N)C1. The highest BCUT2D eigenvalue weighted by Gasteiger charge is 2.33. The highest BCUT2D eigenvalue weighted by Crippen LogP contribution is 2.42. The lowest BCUT2D eigenvalue weighted by Gasteiger charge is -2.40. The van der Waals surface area contributed by atoms with Crippen LogP contribution in [0.3, 0.4) is 0 Å². The summed E-state index contributed by atoms with van der Waals surface area (Å²) in [5.41, 5.74) is 5.88. The molecule has 1 fully saturated rings. The summed E-state index contributed by atoms with van der Waals surface area (Å²) in [6, 6.07) is 0.366. The average Bonchev–Trinajstić information content (AvgIpc) is 2.01. The lowest BCUT2D eigenvalue weighted by molar-refractivity contribution is 0.114. The van der Waals surface area contributed by atoms with E-state index in [1.807, 2.05) is 6.08 Å². The van der Waals surface area contributed by atoms with Gasteiger partial charge in [-0.25, -0.2) is 0 Å². The van der Waals surface area contributed by atoms with Crippen LogP contribution in [0.4, 0.5) is 0 Å². The van der Waals surface area contributed by atoms with Gasteiger partial charge in [-0.1, -0.05) is 13.0 Å². The maximum atomic E-state index is 5.88. The van der Waals surface area contributed by atoms with E-state index in [-0.39, 0.29) is 0 Å². The Labute approximate surface area is 82.4 Å². The van der Waals surface area contributed by atoms with Gasteiger partial charge in [0.25, 0.3) is 0 Å². The molecule has 1 nitrogen and oxygen atoms in total. The third-order valence-electron chi connectivity index (χ3n) is 3.62. The van der Waals surface area contributed by atoms with Gasteiger partial charge in [-0.05, 0) is 50.4 Å². The van der Waals surface area contributed by atoms with E-state index in [9.17, 15) is 0 Å². The number of rotatable bonds is 5. The minimum absolute atomic E-state index is 0.366. The molecule has 0 aromatic rings. The first kappa shape index (κ1) is 10.8. The Balaban J connectivity index is 2.14. The molecule has 1 saturated carbocycles. The fourth-order valence-corrected chi connectivity index (χ4v) is 2.24. The van der Waals surface area contributed by atoms with Crippen LogP contribution in [0.1, 0.15) is 39.5 Å². The molecule has 0 radical (unpaired) electrons. The summed E-state index contributed by atoms with van der Waals surface area (Å²) in [5.74, 6) is 2.57. The molecule has 1 unspecified atom stereocenters. The minimum Gasteiger partial charge on any atom is -0.328 e. The van der Waals surface area contributed by atoms with Crippen molar-refractivity contribution in [2.24, 2.45) is 23.5 Å². The van der Waals surface area contributed by atoms with Crippen molar-refractivity contribution >= 4 is 0 Å². The monoisotopic (exact) mass is 181 g/mol. The summed E-state index contributed by atoms with van der Waals surface area (Å²) in [7, 11) is 0. The minimum atomic E-state index is 0.366. The second-order valence-electron chi connectivity index (χ2n) is 4.68. The molecule has 2 N–H and O–H groups in total. The average molecular weight is 181 g/mol. The van der Waals surface area contributed by atoms with E-state index in [4.69, 9.17) is 5.73 Å². The van der Waals surface area contributed by atoms with E-state index in [1.54, 1.807) is 0 Å². The molecule has 0 aromatic carbocycles. The zero-order chi connectivity index (χ0) is 9.84. The molecule has 76 valence electrons. The fourth-order valence-electron chi connectivity index (χ4n) is 2.24. The van der Waals surface area contributed by atoms with Crippen LogP contribution in [0.15, 0.2) is 12.7 Å². The number of allylic oxidation sites excluding steroid dienone is 1. The van der Waals surface area contributed by atoms with Crippen LogP contribution >= 0.6 is 0 Å². The van der Waals surface area contributed by atoms with Gasteiger partial charge in [-0.15, -0.1) is 6.58 Å². The van der Waals surface area contributed by atoms with Crippen molar-refractivity contribution in [2.45, 2.75) is 45.6 Å². The first-order valence-corrected chi connectivity index (χ1v) is 5.51. The van der Waals surface area contributed by atoms with Crippen molar-refractivity contribution in [3.8, 4) is 0 Å². The van der Waals surface area contributed by atoms with E-state index in [0.29, 0.717) is 12.0 Å². The van der Waals surface area contributed by atoms with Gasteiger partial charge in [-0.2, -0.15) is 0 Å². The molecule has 0 heterocycles. The lowest BCUT2D eigenvalue weighted by Crippen LogP contribution is -2.37. The highest BCUT2D eigenvalue weighted by molar-refractivity contribution is 4.86. The Morgan fingerprint density at radius 3 is 2.54 bits per heavy atom. The standard InChI is InChI=1S/C12H23N/c1-4-5-6-11-7-12(8-11)9(2)10(3)13/h4,9-12H,1,5-8,13H2,2-3H3/t9-,10?,11?,12?/m0/s1. The molecule has 0 bridgehead atoms. The van der Waals surface area contributed by atoms with Crippen molar-refractivity contribution < 1.29 is 0 Å². The summed E-state index contributed by atoms with van der Waals surface area (Å²) in [4.78, 5) is 0. The van der Waals surface area contributed by atoms with E-state index in [1.165, 1.54) is 25.7 Å². The van der Waals surface area contributed by atoms with Gasteiger partial charge >= 0.3 is 0 Å². The maximum absolute atomic E-state index is 5.88. The topological polar surface area (TPSA) is 26.0 Å². The Morgan fingerprint density at radius 2 is 2.08 bits per heavy atom. The van der Waals surface area contributed by atoms with Gasteiger partial charge in [0, 0.05) is 6.04 Å². The maximum Gasteiger partial charge on any atom is 0.00387 e. The molecule has 1 aliphatic rings. The predicted octanol–water partition coefficient (Wildman–Crippen LogP) is 2.96. The molecule has 2 atom stereocenters. The van der Waals surface area contributed by atoms with Crippen molar-refractivity contribution in [1.82, 2.24) is 0 Å². The second kappa shape index (κ2) is 4.80. The zero-order valence-corrected chi connectivity index (χ0v) is 9.00. The smallest absolute Gasteiger partial charge is 0.00387 e. The van der Waals surface area contributed by atoms with Crippen molar-refractivity contribution in [2.75, 3.05) is 0 Å². The Bertz CT molecular complexity index is 157. The van der Waals surface area contributed by atoms with Crippen LogP contribution in [0.2, 0.25) is 0 Å². The van der Waals surface area contributed by atoms with Crippen LogP contribution in [0.25, 0.3) is 0 Å². The summed E-state index contributed by atoms with van der Waals surface area (Å²) >= 11 is 0. The third kappa shape index (κ3) is 2.84. The molecule has 13 heavy (non-hydrogen) atoms. The van der Waals surface area contributed by atoms with Gasteiger partial charge in [0.2, 0.25) is 0 Å². The van der Waals surface area contributed by atoms with E-state index in [0.717, 1.165) is 11.8 Å². The van der Waals surface area contributed by atoms with Gasteiger partial charge in [-0.3, -0.25) is 0 Å². The fraction of sp³-hybridized carbons (Fsp3) is 0.833. The number of hydrogen-bond donors (Lipinski definition) is 1. The first-order valence-electron chi connectivity index (χ1n) is 5.51. The van der Waals surface area contributed by atoms with E-state index >= 15 is 0 Å². The molecule has 0 spiro atoms. The largest absolute Gasteiger partial charge is 0.328 e. The van der Waals surface area contributed by atoms with Gasteiger partial charge in [0.15, 0.2) is 0 Å². The molecule has 1 aliphatic carbocycles. The summed E-state index contributed by atoms with van der Waals surface area (Å²) < 4.78 is 0. The van der Waals surface area contributed by atoms with Gasteiger partial charge in [0.1, 0.15) is 0 Å². The predicted molar refractivity (Wildman–Crippen MR) is 58.5 cm³/mol. The van der Waals surface area contributed by atoms with Crippen molar-refractivity contribution in [3.63, 3.8) is 0 Å². The van der Waals surface area contributed by atoms with Gasteiger partial charge in [0.05, 0.1) is 0 Å². The third-order valence-corrected chi connectivity index (χ3v) is 3.62. The first-order chi connectivity index (χ1) is 6.15. The van der Waals surface area contributed by atoms with Crippen LogP contribution in [-0.4, -0.2) is 6.04 Å². The van der Waals surface area contributed by atoms with Crippen LogP contribution in [0.5, 0.6) is 0 Å². The Kier molecular flexibility index (Phi) is 3.98. The molecular formula is C12H23N. The van der Waals surface area contributed by atoms with Gasteiger partial charge < -0.3 is 5.73 Å². The van der Waals surface area contributed by atoms with Crippen LogP contribution < -0.4 is 5.73 Å². The lowest BCUT2D eigenvalue weighted by atomic mass is 9.66. The van der Waals surface area contributed by atoms with E-state index < -0.39 is 0 Å². The molecule has 0 amide bonds. The molecule has 0 saturated heterocycles. The molecule has 0 aliphatic heterocycles. The Hall–Kier alpha value is -0.300. The van der Waals surface area contributed by atoms with E-state index in [2.05, 4.69) is 20.4 Å². The van der Waals surface area contributed by atoms with Crippen molar-refractivity contribution in [3.05, 3.63) is 12.7 Å². The molecule has 1 heteroatoms. The summed E-state index contributed by atoms with van der Waals surface area (Å²) in [5, 5.41) is 0. The Morgan fingerprint density at radius 1 is 1.46 bits per heavy atom. The highest BCUT2D eigenvalue weighted by atomic mass is 14.6. The van der Waals surface area contributed by atoms with Crippen LogP contribution in [-0.2, 0) is 0 Å². The molecule has 1 rings (SSSR count). The normalized spacial score (nSPS) is 31.9. The summed E-state index contributed by atoms with van der Waals surface area (Å²) in [6.07, 6.45) is 7.35. The zero-order valence-electron chi connectivity index (χ0n) is 9.00. The van der Waals surface area contributed by atoms with Crippen LogP contribution in [0, 0.1) is 17.8 Å². The quantitative estimate of drug-likeness (QED) is 0.648. The summed E-state index contributed by atoms with van der Waals surface area (Å²) in [6.45, 7) is 8.17.